The van der Waals surface area contributed by atoms with E-state index in [-0.39, 0.29) is 87.7 Å². The Bertz CT molecular complexity index is 1090. The summed E-state index contributed by atoms with van der Waals surface area (Å²) in [4.78, 5) is 55.8. The zero-order valence-electron chi connectivity index (χ0n) is 18.4. The van der Waals surface area contributed by atoms with Gasteiger partial charge in [-0.05, 0) is 0 Å². The Balaban J connectivity index is 0. The van der Waals surface area contributed by atoms with Crippen molar-refractivity contribution in [3.8, 4) is 0 Å². The first-order valence-corrected chi connectivity index (χ1v) is 13.2. The minimum absolute atomic E-state index is 0. The quantitative estimate of drug-likeness (QED) is 0.237. The molecule has 5 atom stereocenters. The molecule has 0 amide bonds. The maximum absolute atomic E-state index is 11.9. The smallest absolute Gasteiger partial charge is 0.790 e. The molecule has 16 nitrogen and oxygen atoms in total. The van der Waals surface area contributed by atoms with Crippen LogP contribution in [0.15, 0.2) is 12.7 Å². The zero-order chi connectivity index (χ0) is 22.3. The Morgan fingerprint density at radius 1 is 1.15 bits per heavy atom. The average molecular weight is 531 g/mol. The number of hydrogen-bond donors (Lipinski definition) is 2. The summed E-state index contributed by atoms with van der Waals surface area (Å²) in [7, 11) is -11.9. The van der Waals surface area contributed by atoms with Gasteiger partial charge in [0.15, 0.2) is 11.5 Å². The SMILES string of the molecule is Nc1ncnc2c1ncn2C1CC(O)C(COP([O-])(=S)OP(=O)([O-])OP(=O)([O-])[O-])O1.[Li+].[Li+].[Li+].[Li+]. The molecule has 5 unspecified atom stereocenters. The molecule has 2 aromatic heterocycles. The summed E-state index contributed by atoms with van der Waals surface area (Å²) >= 11 is 4.32. The molecular formula is C10H12Li4N5O11P3S. The summed E-state index contributed by atoms with van der Waals surface area (Å²) < 4.78 is 40.3. The first-order chi connectivity index (χ1) is 13.8. The van der Waals surface area contributed by atoms with Crippen LogP contribution in [0.3, 0.4) is 0 Å². The van der Waals surface area contributed by atoms with Crippen LogP contribution in [0.1, 0.15) is 12.6 Å². The van der Waals surface area contributed by atoms with Gasteiger partial charge in [0.25, 0.3) is 7.82 Å². The van der Waals surface area contributed by atoms with Crippen LogP contribution in [-0.4, -0.2) is 43.4 Å². The van der Waals surface area contributed by atoms with Crippen molar-refractivity contribution in [2.45, 2.75) is 24.9 Å². The van der Waals surface area contributed by atoms with Gasteiger partial charge in [-0.2, -0.15) is 0 Å². The Kier molecular flexibility index (Phi) is 16.2. The van der Waals surface area contributed by atoms with Crippen molar-refractivity contribution in [2.24, 2.45) is 0 Å². The van der Waals surface area contributed by atoms with Crippen LogP contribution in [0.5, 0.6) is 0 Å². The number of imidazole rings is 1. The third kappa shape index (κ3) is 10.3. The van der Waals surface area contributed by atoms with Gasteiger partial charge in [-0.3, -0.25) is 17.8 Å². The third-order valence-electron chi connectivity index (χ3n) is 3.70. The molecule has 0 spiro atoms. The average Bonchev–Trinajstić information content (AvgIpc) is 3.14. The van der Waals surface area contributed by atoms with Crippen LogP contribution < -0.4 is 101 Å². The van der Waals surface area contributed by atoms with Crippen LogP contribution in [0.4, 0.5) is 5.82 Å². The van der Waals surface area contributed by atoms with Crippen molar-refractivity contribution in [3.63, 3.8) is 0 Å². The molecule has 0 radical (unpaired) electrons. The van der Waals surface area contributed by atoms with Gasteiger partial charge in [0, 0.05) is 6.42 Å². The number of rotatable bonds is 8. The maximum Gasteiger partial charge on any atom is 1.00 e. The second kappa shape index (κ2) is 14.6. The fraction of sp³-hybridized carbons (Fsp3) is 0.500. The molecule has 0 bridgehead atoms. The molecular weight excluding hydrogens is 519 g/mol. The van der Waals surface area contributed by atoms with Gasteiger partial charge in [0.2, 0.25) is 0 Å². The van der Waals surface area contributed by atoms with E-state index in [4.69, 9.17) is 10.5 Å². The van der Waals surface area contributed by atoms with Crippen LogP contribution in [0, 0.1) is 0 Å². The number of nitrogen functional groups attached to an aromatic ring is 1. The van der Waals surface area contributed by atoms with E-state index in [1.807, 2.05) is 0 Å². The van der Waals surface area contributed by atoms with Crippen LogP contribution >= 0.6 is 22.4 Å². The predicted molar refractivity (Wildman–Crippen MR) is 91.9 cm³/mol. The van der Waals surface area contributed by atoms with E-state index in [1.165, 1.54) is 17.2 Å². The van der Waals surface area contributed by atoms with Crippen molar-refractivity contribution in [1.82, 2.24) is 19.5 Å². The molecule has 1 saturated heterocycles. The summed E-state index contributed by atoms with van der Waals surface area (Å²) in [5.41, 5.74) is 6.32. The number of anilines is 1. The number of phosphoric acid groups is 2. The fourth-order valence-corrected chi connectivity index (χ4v) is 6.35. The standard InChI is InChI=1S/C10H16N5O11P3S.4Li/c11-9-8-10(13-3-12-9)15(4-14-8)7-1-5(16)6(24-7)2-23-29(22,30)26-28(20,21)25-27(17,18)19;;;;/h3-7,16H,1-2H2,(H,20,21)(H,22,30)(H2,11,12,13)(H2,17,18,19);;;;/q;4*+1/p-4. The number of nitrogens with two attached hydrogens (primary N) is 1. The van der Waals surface area contributed by atoms with Gasteiger partial charge in [-0.25, -0.2) is 15.0 Å². The first-order valence-electron chi connectivity index (χ1n) is 7.74. The Hall–Kier alpha value is 1.49. The molecule has 24 heteroatoms. The second-order valence-electron chi connectivity index (χ2n) is 5.82. The Morgan fingerprint density at radius 2 is 1.76 bits per heavy atom. The molecule has 3 rings (SSSR count). The molecule has 3 N–H and O–H groups in total. The number of aliphatic hydroxyl groups is 1. The molecule has 0 saturated carbocycles. The molecule has 168 valence electrons. The molecule has 2 aromatic rings. The number of nitrogens with zero attached hydrogens (tertiary/aromatic N) is 4. The van der Waals surface area contributed by atoms with E-state index in [9.17, 15) is 33.8 Å². The van der Waals surface area contributed by atoms with Crippen molar-refractivity contribution in [2.75, 3.05) is 12.3 Å². The summed E-state index contributed by atoms with van der Waals surface area (Å²) in [6.45, 7) is -5.57. The number of ether oxygens (including phenoxy) is 1. The fourth-order valence-electron chi connectivity index (χ4n) is 2.56. The minimum Gasteiger partial charge on any atom is -0.790 e. The normalized spacial score (nSPS) is 23.4. The number of fused-ring (bicyclic) bond motifs is 1. The summed E-state index contributed by atoms with van der Waals surface area (Å²) in [6.07, 6.45) is -0.515. The second-order valence-corrected chi connectivity index (χ2v) is 11.4. The van der Waals surface area contributed by atoms with E-state index >= 15 is 0 Å². The van der Waals surface area contributed by atoms with E-state index in [0.717, 1.165) is 0 Å². The molecule has 0 aliphatic carbocycles. The molecule has 34 heavy (non-hydrogen) atoms. The monoisotopic (exact) mass is 531 g/mol. The van der Waals surface area contributed by atoms with E-state index in [0.29, 0.717) is 11.2 Å². The van der Waals surface area contributed by atoms with Gasteiger partial charge in [-0.15, -0.1) is 0 Å². The predicted octanol–water partition coefficient (Wildman–Crippen LogP) is -15.0. The number of aromatic nitrogens is 4. The van der Waals surface area contributed by atoms with Gasteiger partial charge in [0.1, 0.15) is 30.9 Å². The largest absolute Gasteiger partial charge is 1.00 e. The topological polar surface area (TPSA) is 253 Å². The molecule has 1 aliphatic rings. The Labute approximate surface area is 245 Å². The van der Waals surface area contributed by atoms with Crippen molar-refractivity contribution in [3.05, 3.63) is 12.7 Å². The first kappa shape index (κ1) is 37.6. The summed E-state index contributed by atoms with van der Waals surface area (Å²) in [5.74, 6) is 0.131. The molecule has 0 aromatic carbocycles. The summed E-state index contributed by atoms with van der Waals surface area (Å²) in [5, 5.41) is 10.1. The van der Waals surface area contributed by atoms with Gasteiger partial charge in [0.05, 0.1) is 26.9 Å². The Morgan fingerprint density at radius 3 is 2.35 bits per heavy atom. The molecule has 1 aliphatic heterocycles. The minimum atomic E-state index is -6.00. The van der Waals surface area contributed by atoms with Crippen LogP contribution in [-0.2, 0) is 38.8 Å². The maximum atomic E-state index is 11.9. The van der Waals surface area contributed by atoms with Crippen molar-refractivity contribution >= 4 is 51.2 Å². The van der Waals surface area contributed by atoms with E-state index < -0.39 is 47.4 Å². The van der Waals surface area contributed by atoms with Crippen LogP contribution in [0.25, 0.3) is 11.2 Å². The van der Waals surface area contributed by atoms with Gasteiger partial charge >= 0.3 is 75.4 Å². The van der Waals surface area contributed by atoms with E-state index in [1.54, 1.807) is 0 Å². The van der Waals surface area contributed by atoms with Gasteiger partial charge in [-0.1, -0.05) is 11.8 Å². The van der Waals surface area contributed by atoms with Crippen molar-refractivity contribution < 1.29 is 127 Å². The molecule has 3 heterocycles. The number of hydrogen-bond acceptors (Lipinski definition) is 16. The number of aliphatic hydroxyl groups excluding tert-OH is 1. The van der Waals surface area contributed by atoms with Crippen molar-refractivity contribution in [1.29, 1.82) is 0 Å². The zero-order valence-corrected chi connectivity index (χ0v) is 21.9. The third-order valence-corrected chi connectivity index (χ3v) is 8.28. The summed E-state index contributed by atoms with van der Waals surface area (Å²) in [6, 6.07) is 0. The van der Waals surface area contributed by atoms with Gasteiger partial charge < -0.3 is 44.2 Å². The molecule has 1 fully saturated rings. The van der Waals surface area contributed by atoms with Crippen LogP contribution in [0.2, 0.25) is 0 Å². The van der Waals surface area contributed by atoms with E-state index in [2.05, 4.69) is 39.9 Å².